The summed E-state index contributed by atoms with van der Waals surface area (Å²) in [6, 6.07) is 13.5. The lowest BCUT2D eigenvalue weighted by atomic mass is 10.2. The normalized spacial score (nSPS) is 11.3. The first-order chi connectivity index (χ1) is 14.4. The highest BCUT2D eigenvalue weighted by molar-refractivity contribution is 7.89. The van der Waals surface area contributed by atoms with E-state index in [0.29, 0.717) is 28.6 Å². The summed E-state index contributed by atoms with van der Waals surface area (Å²) in [5.74, 6) is 0.490. The standard InChI is InChI=1S/C20H20ClN3O4S2/c1-22-30(26,27)18-4-2-3-14(9-18)11-23-19(25)10-16-13-29-20(24-16)12-28-17-7-5-15(21)6-8-17/h2-9,13,22H,10-12H2,1H3,(H,23,25). The number of aromatic nitrogens is 1. The molecule has 158 valence electrons. The van der Waals surface area contributed by atoms with E-state index in [1.54, 1.807) is 36.4 Å². The first-order valence-electron chi connectivity index (χ1n) is 8.96. The summed E-state index contributed by atoms with van der Waals surface area (Å²) in [7, 11) is -2.17. The molecular weight excluding hydrogens is 446 g/mol. The highest BCUT2D eigenvalue weighted by Crippen LogP contribution is 2.18. The number of benzene rings is 2. The molecule has 3 aromatic rings. The maximum absolute atomic E-state index is 12.2. The minimum Gasteiger partial charge on any atom is -0.486 e. The molecule has 10 heteroatoms. The topological polar surface area (TPSA) is 97.4 Å². The SMILES string of the molecule is CNS(=O)(=O)c1cccc(CNC(=O)Cc2csc(COc3ccc(Cl)cc3)n2)c1. The first-order valence-corrected chi connectivity index (χ1v) is 11.7. The van der Waals surface area contributed by atoms with Crippen LogP contribution in [-0.2, 0) is 34.4 Å². The number of thiazole rings is 1. The Bertz CT molecular complexity index is 1120. The van der Waals surface area contributed by atoms with Crippen molar-refractivity contribution in [1.82, 2.24) is 15.0 Å². The number of carbonyl (C=O) groups excluding carboxylic acids is 1. The van der Waals surface area contributed by atoms with Crippen LogP contribution in [0.5, 0.6) is 5.75 Å². The molecule has 2 N–H and O–H groups in total. The molecule has 0 saturated carbocycles. The summed E-state index contributed by atoms with van der Waals surface area (Å²) in [6.45, 7) is 0.531. The maximum Gasteiger partial charge on any atom is 0.240 e. The van der Waals surface area contributed by atoms with Gasteiger partial charge in [-0.1, -0.05) is 23.7 Å². The van der Waals surface area contributed by atoms with E-state index in [1.165, 1.54) is 30.5 Å². The van der Waals surface area contributed by atoms with Crippen molar-refractivity contribution >= 4 is 38.9 Å². The van der Waals surface area contributed by atoms with E-state index in [9.17, 15) is 13.2 Å². The van der Waals surface area contributed by atoms with Gasteiger partial charge in [-0.15, -0.1) is 11.3 Å². The van der Waals surface area contributed by atoms with Crippen molar-refractivity contribution in [3.05, 3.63) is 75.2 Å². The van der Waals surface area contributed by atoms with Gasteiger partial charge in [-0.2, -0.15) is 0 Å². The molecule has 30 heavy (non-hydrogen) atoms. The third kappa shape index (κ3) is 6.27. The number of amides is 1. The van der Waals surface area contributed by atoms with Gasteiger partial charge in [-0.05, 0) is 49.0 Å². The number of carbonyl (C=O) groups is 1. The van der Waals surface area contributed by atoms with Gasteiger partial charge in [0.15, 0.2) is 0 Å². The van der Waals surface area contributed by atoms with Crippen LogP contribution in [0.15, 0.2) is 58.8 Å². The Labute approximate surface area is 184 Å². The van der Waals surface area contributed by atoms with E-state index in [4.69, 9.17) is 16.3 Å². The Morgan fingerprint density at radius 3 is 2.70 bits per heavy atom. The molecular formula is C20H20ClN3O4S2. The lowest BCUT2D eigenvalue weighted by molar-refractivity contribution is -0.120. The summed E-state index contributed by atoms with van der Waals surface area (Å²) in [6.07, 6.45) is 0.131. The van der Waals surface area contributed by atoms with Crippen LogP contribution < -0.4 is 14.8 Å². The van der Waals surface area contributed by atoms with Crippen LogP contribution in [-0.4, -0.2) is 26.4 Å². The van der Waals surface area contributed by atoms with Gasteiger partial charge in [0.1, 0.15) is 17.4 Å². The largest absolute Gasteiger partial charge is 0.486 e. The second-order valence-electron chi connectivity index (χ2n) is 6.28. The summed E-state index contributed by atoms with van der Waals surface area (Å²) < 4.78 is 31.7. The number of rotatable bonds is 9. The Morgan fingerprint density at radius 1 is 1.20 bits per heavy atom. The molecule has 0 atom stereocenters. The Kier molecular flexibility index (Phi) is 7.43. The van der Waals surface area contributed by atoms with Gasteiger partial charge in [0.05, 0.1) is 17.0 Å². The molecule has 0 fully saturated rings. The summed E-state index contributed by atoms with van der Waals surface area (Å²) in [5, 5.41) is 6.00. The minimum absolute atomic E-state index is 0.131. The van der Waals surface area contributed by atoms with Crippen LogP contribution in [0, 0.1) is 0 Å². The fraction of sp³-hybridized carbons (Fsp3) is 0.200. The molecule has 0 aliphatic heterocycles. The Hall–Kier alpha value is -2.46. The molecule has 1 aromatic heterocycles. The third-order valence-corrected chi connectivity index (χ3v) is 6.62. The van der Waals surface area contributed by atoms with Crippen molar-refractivity contribution in [2.24, 2.45) is 0 Å². The van der Waals surface area contributed by atoms with Crippen LogP contribution in [0.25, 0.3) is 0 Å². The molecule has 0 saturated heterocycles. The van der Waals surface area contributed by atoms with Gasteiger partial charge >= 0.3 is 0 Å². The number of ether oxygens (including phenoxy) is 1. The second-order valence-corrected chi connectivity index (χ2v) is 9.55. The van der Waals surface area contributed by atoms with Crippen LogP contribution in [0.2, 0.25) is 5.02 Å². The van der Waals surface area contributed by atoms with Crippen molar-refractivity contribution in [2.45, 2.75) is 24.5 Å². The zero-order valence-electron chi connectivity index (χ0n) is 16.1. The molecule has 0 unspecified atom stereocenters. The van der Waals surface area contributed by atoms with E-state index in [2.05, 4.69) is 15.0 Å². The van der Waals surface area contributed by atoms with Crippen molar-refractivity contribution in [2.75, 3.05) is 7.05 Å². The highest BCUT2D eigenvalue weighted by atomic mass is 35.5. The molecule has 1 heterocycles. The zero-order chi connectivity index (χ0) is 21.6. The molecule has 0 bridgehead atoms. The Balaban J connectivity index is 1.50. The van der Waals surface area contributed by atoms with Gasteiger partial charge in [-0.3, -0.25) is 4.79 Å². The van der Waals surface area contributed by atoms with Gasteiger partial charge in [0, 0.05) is 16.9 Å². The van der Waals surface area contributed by atoms with Crippen LogP contribution in [0.3, 0.4) is 0 Å². The molecule has 1 amide bonds. The number of nitrogens with one attached hydrogen (secondary N) is 2. The third-order valence-electron chi connectivity index (χ3n) is 4.08. The van der Waals surface area contributed by atoms with Gasteiger partial charge < -0.3 is 10.1 Å². The summed E-state index contributed by atoms with van der Waals surface area (Å²) >= 11 is 7.27. The maximum atomic E-state index is 12.2. The number of sulfonamides is 1. The lowest BCUT2D eigenvalue weighted by Crippen LogP contribution is -2.25. The quantitative estimate of drug-likeness (QED) is 0.506. The van der Waals surface area contributed by atoms with Crippen LogP contribution in [0.1, 0.15) is 16.3 Å². The predicted molar refractivity (Wildman–Crippen MR) is 116 cm³/mol. The van der Waals surface area contributed by atoms with Crippen molar-refractivity contribution in [1.29, 1.82) is 0 Å². The Morgan fingerprint density at radius 2 is 1.97 bits per heavy atom. The van der Waals surface area contributed by atoms with Crippen molar-refractivity contribution < 1.29 is 17.9 Å². The van der Waals surface area contributed by atoms with E-state index in [0.717, 1.165) is 5.01 Å². The minimum atomic E-state index is -3.52. The van der Waals surface area contributed by atoms with Gasteiger partial charge in [-0.25, -0.2) is 18.1 Å². The molecule has 3 rings (SSSR count). The molecule has 0 aliphatic carbocycles. The van der Waals surface area contributed by atoms with E-state index < -0.39 is 10.0 Å². The first kappa shape index (κ1) is 22.2. The van der Waals surface area contributed by atoms with E-state index in [1.807, 2.05) is 5.38 Å². The predicted octanol–water partition coefficient (Wildman–Crippen LogP) is 3.14. The van der Waals surface area contributed by atoms with E-state index >= 15 is 0 Å². The van der Waals surface area contributed by atoms with Crippen LogP contribution in [0.4, 0.5) is 0 Å². The molecule has 0 aliphatic rings. The monoisotopic (exact) mass is 465 g/mol. The van der Waals surface area contributed by atoms with Crippen molar-refractivity contribution in [3.63, 3.8) is 0 Å². The number of hydrogen-bond acceptors (Lipinski definition) is 6. The van der Waals surface area contributed by atoms with Gasteiger partial charge in [0.2, 0.25) is 15.9 Å². The van der Waals surface area contributed by atoms with E-state index in [-0.39, 0.29) is 23.8 Å². The zero-order valence-corrected chi connectivity index (χ0v) is 18.5. The molecule has 0 spiro atoms. The van der Waals surface area contributed by atoms with Crippen molar-refractivity contribution in [3.8, 4) is 5.75 Å². The molecule has 7 nitrogen and oxygen atoms in total. The number of hydrogen-bond donors (Lipinski definition) is 2. The highest BCUT2D eigenvalue weighted by Gasteiger charge is 2.12. The fourth-order valence-electron chi connectivity index (χ4n) is 2.54. The lowest BCUT2D eigenvalue weighted by Gasteiger charge is -2.07. The van der Waals surface area contributed by atoms with Gasteiger partial charge in [0.25, 0.3) is 0 Å². The average Bonchev–Trinajstić information content (AvgIpc) is 3.19. The van der Waals surface area contributed by atoms with Crippen LogP contribution >= 0.6 is 22.9 Å². The molecule has 0 radical (unpaired) electrons. The smallest absolute Gasteiger partial charge is 0.240 e. The summed E-state index contributed by atoms with van der Waals surface area (Å²) in [5.41, 5.74) is 1.34. The number of nitrogens with zero attached hydrogens (tertiary/aromatic N) is 1. The average molecular weight is 466 g/mol. The second kappa shape index (κ2) is 10.0. The number of halogens is 1. The fourth-order valence-corrected chi connectivity index (χ4v) is 4.17. The summed E-state index contributed by atoms with van der Waals surface area (Å²) in [4.78, 5) is 16.8. The molecule has 2 aromatic carbocycles.